The molecule has 0 amide bonds. The van der Waals surface area contributed by atoms with Gasteiger partial charge in [-0.15, -0.1) is 0 Å². The number of ether oxygens (including phenoxy) is 1. The van der Waals surface area contributed by atoms with E-state index in [1.807, 2.05) is 0 Å². The normalized spacial score (nSPS) is 9.92. The highest BCUT2D eigenvalue weighted by Gasteiger charge is 2.07. The Kier molecular flexibility index (Phi) is 2.78. The van der Waals surface area contributed by atoms with Crippen molar-refractivity contribution in [2.75, 3.05) is 7.11 Å². The van der Waals surface area contributed by atoms with Crippen molar-refractivity contribution in [2.24, 2.45) is 5.73 Å². The zero-order chi connectivity index (χ0) is 9.14. The monoisotopic (exact) mass is 187 g/mol. The zero-order valence-electron chi connectivity index (χ0n) is 6.67. The van der Waals surface area contributed by atoms with Crippen LogP contribution in [0.2, 0.25) is 5.02 Å². The fourth-order valence-corrected chi connectivity index (χ4v) is 1.17. The lowest BCUT2D eigenvalue weighted by atomic mass is 10.2. The number of phenolic OH excluding ortho intramolecular Hbond substituents is 1. The molecule has 0 aliphatic rings. The van der Waals surface area contributed by atoms with E-state index in [9.17, 15) is 5.11 Å². The molecule has 1 aromatic carbocycles. The number of hydrogen-bond acceptors (Lipinski definition) is 3. The van der Waals surface area contributed by atoms with Crippen LogP contribution >= 0.6 is 11.6 Å². The first-order valence-corrected chi connectivity index (χ1v) is 3.82. The highest BCUT2D eigenvalue weighted by atomic mass is 35.5. The van der Waals surface area contributed by atoms with E-state index in [4.69, 9.17) is 22.1 Å². The minimum Gasteiger partial charge on any atom is -0.504 e. The lowest BCUT2D eigenvalue weighted by Crippen LogP contribution is -1.97. The van der Waals surface area contributed by atoms with Gasteiger partial charge in [-0.1, -0.05) is 11.6 Å². The summed E-state index contributed by atoms with van der Waals surface area (Å²) in [5.74, 6) is 0.410. The number of phenols is 1. The molecule has 0 saturated heterocycles. The summed E-state index contributed by atoms with van der Waals surface area (Å²) in [5, 5.41) is 9.95. The molecule has 0 saturated carbocycles. The fourth-order valence-electron chi connectivity index (χ4n) is 0.940. The van der Waals surface area contributed by atoms with Crippen molar-refractivity contribution in [1.82, 2.24) is 0 Å². The van der Waals surface area contributed by atoms with Crippen LogP contribution < -0.4 is 10.5 Å². The van der Waals surface area contributed by atoms with Crippen molar-refractivity contribution >= 4 is 11.6 Å². The maximum atomic E-state index is 9.45. The average molecular weight is 188 g/mol. The lowest BCUT2D eigenvalue weighted by molar-refractivity contribution is 0.371. The van der Waals surface area contributed by atoms with Crippen molar-refractivity contribution < 1.29 is 9.84 Å². The van der Waals surface area contributed by atoms with Gasteiger partial charge in [-0.3, -0.25) is 0 Å². The van der Waals surface area contributed by atoms with E-state index in [0.717, 1.165) is 0 Å². The van der Waals surface area contributed by atoms with Crippen molar-refractivity contribution in [3.05, 3.63) is 22.7 Å². The summed E-state index contributed by atoms with van der Waals surface area (Å²) in [6, 6.07) is 3.15. The van der Waals surface area contributed by atoms with E-state index in [-0.39, 0.29) is 12.3 Å². The third-order valence-electron chi connectivity index (χ3n) is 1.56. The van der Waals surface area contributed by atoms with E-state index in [2.05, 4.69) is 0 Å². The number of aromatic hydroxyl groups is 1. The molecule has 3 nitrogen and oxygen atoms in total. The molecule has 0 aliphatic carbocycles. The minimum atomic E-state index is 0.0596. The predicted molar refractivity (Wildman–Crippen MR) is 47.6 cm³/mol. The Morgan fingerprint density at radius 2 is 2.25 bits per heavy atom. The molecular formula is C8H10ClNO2. The lowest BCUT2D eigenvalue weighted by Gasteiger charge is -2.07. The Bertz CT molecular complexity index is 263. The standard InChI is InChI=1S/C8H10ClNO2/c1-12-7-3-6(9)2-5(4-10)8(7)11/h2-3,11H,4,10H2,1H3. The van der Waals surface area contributed by atoms with Crippen LogP contribution in [-0.4, -0.2) is 12.2 Å². The van der Waals surface area contributed by atoms with Gasteiger partial charge in [0.15, 0.2) is 11.5 Å². The second kappa shape index (κ2) is 3.65. The van der Waals surface area contributed by atoms with Crippen LogP contribution in [0.4, 0.5) is 0 Å². The summed E-state index contributed by atoms with van der Waals surface area (Å²) < 4.78 is 4.88. The fraction of sp³-hybridized carbons (Fsp3) is 0.250. The topological polar surface area (TPSA) is 55.5 Å². The van der Waals surface area contributed by atoms with E-state index in [1.165, 1.54) is 13.2 Å². The van der Waals surface area contributed by atoms with Gasteiger partial charge in [0.25, 0.3) is 0 Å². The van der Waals surface area contributed by atoms with Gasteiger partial charge in [0.05, 0.1) is 7.11 Å². The maximum Gasteiger partial charge on any atom is 0.162 e. The first-order valence-electron chi connectivity index (χ1n) is 3.44. The molecule has 0 atom stereocenters. The van der Waals surface area contributed by atoms with Crippen molar-refractivity contribution in [3.8, 4) is 11.5 Å². The van der Waals surface area contributed by atoms with Gasteiger partial charge in [-0.05, 0) is 6.07 Å². The molecule has 0 aromatic heterocycles. The maximum absolute atomic E-state index is 9.45. The summed E-state index contributed by atoms with van der Waals surface area (Å²) in [6.07, 6.45) is 0. The van der Waals surface area contributed by atoms with Crippen LogP contribution in [0, 0.1) is 0 Å². The molecule has 12 heavy (non-hydrogen) atoms. The van der Waals surface area contributed by atoms with Crippen LogP contribution in [-0.2, 0) is 6.54 Å². The Hall–Kier alpha value is -0.930. The van der Waals surface area contributed by atoms with Gasteiger partial charge in [0.2, 0.25) is 0 Å². The molecule has 0 spiro atoms. The Balaban J connectivity index is 3.22. The Morgan fingerprint density at radius 1 is 1.58 bits per heavy atom. The van der Waals surface area contributed by atoms with E-state index >= 15 is 0 Å². The highest BCUT2D eigenvalue weighted by Crippen LogP contribution is 2.32. The molecule has 0 heterocycles. The first kappa shape index (κ1) is 9.16. The quantitative estimate of drug-likeness (QED) is 0.738. The van der Waals surface area contributed by atoms with Crippen molar-refractivity contribution in [1.29, 1.82) is 0 Å². The molecule has 0 radical (unpaired) electrons. The number of benzene rings is 1. The molecular weight excluding hydrogens is 178 g/mol. The summed E-state index contributed by atoms with van der Waals surface area (Å²) in [5.41, 5.74) is 5.95. The van der Waals surface area contributed by atoms with Gasteiger partial charge in [-0.2, -0.15) is 0 Å². The average Bonchev–Trinajstić information content (AvgIpc) is 2.08. The number of hydrogen-bond donors (Lipinski definition) is 2. The predicted octanol–water partition coefficient (Wildman–Crippen LogP) is 1.51. The Morgan fingerprint density at radius 3 is 2.75 bits per heavy atom. The molecule has 0 unspecified atom stereocenters. The molecule has 0 bridgehead atoms. The summed E-state index contributed by atoms with van der Waals surface area (Å²) in [7, 11) is 1.46. The number of methoxy groups -OCH3 is 1. The second-order valence-electron chi connectivity index (χ2n) is 2.32. The molecule has 0 fully saturated rings. The zero-order valence-corrected chi connectivity index (χ0v) is 7.43. The van der Waals surface area contributed by atoms with Crippen molar-refractivity contribution in [2.45, 2.75) is 6.54 Å². The third kappa shape index (κ3) is 1.62. The number of rotatable bonds is 2. The number of halogens is 1. The van der Waals surface area contributed by atoms with Crippen molar-refractivity contribution in [3.63, 3.8) is 0 Å². The van der Waals surface area contributed by atoms with Gasteiger partial charge in [0.1, 0.15) is 0 Å². The smallest absolute Gasteiger partial charge is 0.162 e. The van der Waals surface area contributed by atoms with Crippen LogP contribution in [0.1, 0.15) is 5.56 Å². The SMILES string of the molecule is COc1cc(Cl)cc(CN)c1O. The van der Waals surface area contributed by atoms with Crippen LogP contribution in [0.15, 0.2) is 12.1 Å². The summed E-state index contributed by atoms with van der Waals surface area (Å²) in [6.45, 7) is 0.239. The van der Waals surface area contributed by atoms with Gasteiger partial charge < -0.3 is 15.6 Å². The highest BCUT2D eigenvalue weighted by molar-refractivity contribution is 6.30. The van der Waals surface area contributed by atoms with E-state index in [1.54, 1.807) is 6.07 Å². The second-order valence-corrected chi connectivity index (χ2v) is 2.76. The number of nitrogens with two attached hydrogens (primary N) is 1. The van der Waals surface area contributed by atoms with Gasteiger partial charge in [0, 0.05) is 23.2 Å². The molecule has 3 N–H and O–H groups in total. The van der Waals surface area contributed by atoms with Gasteiger partial charge in [-0.25, -0.2) is 0 Å². The largest absolute Gasteiger partial charge is 0.504 e. The van der Waals surface area contributed by atoms with Crippen LogP contribution in [0.5, 0.6) is 11.5 Å². The van der Waals surface area contributed by atoms with Crippen LogP contribution in [0.25, 0.3) is 0 Å². The van der Waals surface area contributed by atoms with E-state index < -0.39 is 0 Å². The molecule has 1 rings (SSSR count). The summed E-state index contributed by atoms with van der Waals surface area (Å²) >= 11 is 5.73. The first-order chi connectivity index (χ1) is 5.69. The molecule has 66 valence electrons. The Labute approximate surface area is 75.7 Å². The van der Waals surface area contributed by atoms with E-state index in [0.29, 0.717) is 16.3 Å². The van der Waals surface area contributed by atoms with Gasteiger partial charge >= 0.3 is 0 Å². The third-order valence-corrected chi connectivity index (χ3v) is 1.78. The van der Waals surface area contributed by atoms with Crippen LogP contribution in [0.3, 0.4) is 0 Å². The molecule has 0 aliphatic heterocycles. The molecule has 1 aromatic rings. The minimum absolute atomic E-state index is 0.0596. The summed E-state index contributed by atoms with van der Waals surface area (Å²) in [4.78, 5) is 0. The molecule has 4 heteroatoms.